The molecule has 0 heterocycles. The van der Waals surface area contributed by atoms with E-state index in [1.54, 1.807) is 0 Å². The summed E-state index contributed by atoms with van der Waals surface area (Å²) < 4.78 is 38.5. The first-order valence-corrected chi connectivity index (χ1v) is 6.72. The third-order valence-corrected chi connectivity index (χ3v) is 3.00. The minimum absolute atomic E-state index is 0.114. The summed E-state index contributed by atoms with van der Waals surface area (Å²) in [4.78, 5) is 12.0. The van der Waals surface area contributed by atoms with E-state index in [2.05, 4.69) is 19.2 Å². The number of para-hydroxylation sites is 1. The largest absolute Gasteiger partial charge is 0.418 e. The van der Waals surface area contributed by atoms with Gasteiger partial charge in [0.25, 0.3) is 5.91 Å². The Hall–Kier alpha value is -1.76. The zero-order chi connectivity index (χ0) is 16.0. The summed E-state index contributed by atoms with van der Waals surface area (Å²) in [5, 5.41) is 2.61. The Kier molecular flexibility index (Phi) is 6.02. The van der Waals surface area contributed by atoms with Crippen molar-refractivity contribution >= 4 is 11.6 Å². The number of anilines is 1. The molecule has 0 aliphatic rings. The molecular weight excluding hydrogens is 283 g/mol. The van der Waals surface area contributed by atoms with Crippen molar-refractivity contribution in [2.24, 2.45) is 11.8 Å². The van der Waals surface area contributed by atoms with Crippen LogP contribution in [0.1, 0.15) is 42.6 Å². The number of halogens is 3. The third kappa shape index (κ3) is 4.93. The molecule has 0 fully saturated rings. The maximum Gasteiger partial charge on any atom is 0.418 e. The Labute approximate surface area is 121 Å². The fourth-order valence-electron chi connectivity index (χ4n) is 1.94. The second-order valence-corrected chi connectivity index (χ2v) is 5.16. The number of nitrogens with one attached hydrogen (secondary N) is 2. The predicted octanol–water partition coefficient (Wildman–Crippen LogP) is 3.16. The van der Waals surface area contributed by atoms with Crippen LogP contribution in [0.3, 0.4) is 0 Å². The van der Waals surface area contributed by atoms with Gasteiger partial charge in [0, 0.05) is 6.54 Å². The highest BCUT2D eigenvalue weighted by Gasteiger charge is 2.35. The van der Waals surface area contributed by atoms with E-state index < -0.39 is 23.3 Å². The number of carbonyl (C=O) groups excluding carboxylic acids is 1. The topological polar surface area (TPSA) is 67.2 Å². The molecule has 21 heavy (non-hydrogen) atoms. The Morgan fingerprint density at radius 2 is 2.00 bits per heavy atom. The van der Waals surface area contributed by atoms with E-state index in [9.17, 15) is 18.0 Å². The highest BCUT2D eigenvalue weighted by Crippen LogP contribution is 2.36. The van der Waals surface area contributed by atoms with Crippen molar-refractivity contribution in [1.29, 1.82) is 0 Å². The summed E-state index contributed by atoms with van der Waals surface area (Å²) in [6.45, 7) is 4.54. The molecule has 1 aromatic carbocycles. The minimum atomic E-state index is -4.57. The molecule has 0 spiro atoms. The zero-order valence-corrected chi connectivity index (χ0v) is 12.1. The number of nitrogens with two attached hydrogens (primary N) is 1. The summed E-state index contributed by atoms with van der Waals surface area (Å²) in [7, 11) is 0. The lowest BCUT2D eigenvalue weighted by molar-refractivity contribution is -0.137. The van der Waals surface area contributed by atoms with Gasteiger partial charge in [-0.15, -0.1) is 0 Å². The van der Waals surface area contributed by atoms with Crippen LogP contribution in [0.4, 0.5) is 18.9 Å². The number of hydrogen-bond acceptors (Lipinski definition) is 3. The van der Waals surface area contributed by atoms with Crippen LogP contribution < -0.4 is 16.6 Å². The van der Waals surface area contributed by atoms with Gasteiger partial charge >= 0.3 is 6.18 Å². The average Bonchev–Trinajstić information content (AvgIpc) is 2.41. The second kappa shape index (κ2) is 7.31. The summed E-state index contributed by atoms with van der Waals surface area (Å²) in [5.74, 6) is 5.09. The fraction of sp³-hybridized carbons (Fsp3) is 0.500. The molecule has 0 bridgehead atoms. The molecular formula is C14H20F3N3O. The van der Waals surface area contributed by atoms with Gasteiger partial charge in [0.15, 0.2) is 0 Å². The van der Waals surface area contributed by atoms with Gasteiger partial charge in [-0.1, -0.05) is 19.9 Å². The number of nitrogen functional groups attached to an aromatic ring is 1. The van der Waals surface area contributed by atoms with Gasteiger partial charge in [-0.25, -0.2) is 0 Å². The number of hydrazine groups is 1. The molecule has 0 atom stereocenters. The van der Waals surface area contributed by atoms with Crippen LogP contribution >= 0.6 is 0 Å². The Bertz CT molecular complexity index is 487. The standard InChI is InChI=1S/C14H20F3N3O/c1-9(2)5-4-8-19-13(21)10-6-3-7-11(12(10)20-18)14(15,16)17/h3,6-7,9,20H,4-5,8,18H2,1-2H3,(H,19,21). The number of carbonyl (C=O) groups is 1. The monoisotopic (exact) mass is 303 g/mol. The van der Waals surface area contributed by atoms with Crippen molar-refractivity contribution in [3.8, 4) is 0 Å². The molecule has 118 valence electrons. The summed E-state index contributed by atoms with van der Waals surface area (Å²) in [5.41, 5.74) is 0.496. The molecule has 0 aliphatic heterocycles. The van der Waals surface area contributed by atoms with Crippen molar-refractivity contribution in [2.45, 2.75) is 32.9 Å². The third-order valence-electron chi connectivity index (χ3n) is 3.00. The van der Waals surface area contributed by atoms with E-state index in [1.165, 1.54) is 12.1 Å². The first-order chi connectivity index (χ1) is 9.77. The molecule has 1 amide bonds. The molecule has 4 nitrogen and oxygen atoms in total. The van der Waals surface area contributed by atoms with Gasteiger partial charge in [-0.2, -0.15) is 13.2 Å². The molecule has 0 unspecified atom stereocenters. The van der Waals surface area contributed by atoms with Crippen LogP contribution in [0.2, 0.25) is 0 Å². The smallest absolute Gasteiger partial charge is 0.352 e. The molecule has 0 aromatic heterocycles. The van der Waals surface area contributed by atoms with Crippen molar-refractivity contribution in [1.82, 2.24) is 5.32 Å². The molecule has 0 saturated carbocycles. The van der Waals surface area contributed by atoms with Crippen LogP contribution in [0, 0.1) is 5.92 Å². The number of hydrogen-bond donors (Lipinski definition) is 3. The van der Waals surface area contributed by atoms with Crippen molar-refractivity contribution in [3.05, 3.63) is 29.3 Å². The quantitative estimate of drug-likeness (QED) is 0.429. The Morgan fingerprint density at radius 1 is 1.33 bits per heavy atom. The number of benzene rings is 1. The first kappa shape index (κ1) is 17.3. The van der Waals surface area contributed by atoms with E-state index in [1.807, 2.05) is 5.43 Å². The first-order valence-electron chi connectivity index (χ1n) is 6.72. The van der Waals surface area contributed by atoms with Crippen LogP contribution in [0.15, 0.2) is 18.2 Å². The zero-order valence-electron chi connectivity index (χ0n) is 12.1. The Morgan fingerprint density at radius 3 is 2.52 bits per heavy atom. The molecule has 4 N–H and O–H groups in total. The van der Waals surface area contributed by atoms with E-state index >= 15 is 0 Å². The molecule has 0 radical (unpaired) electrons. The van der Waals surface area contributed by atoms with Gasteiger partial charge in [0.1, 0.15) is 0 Å². The highest BCUT2D eigenvalue weighted by molar-refractivity contribution is 6.00. The molecule has 0 aliphatic carbocycles. The van der Waals surface area contributed by atoms with Crippen molar-refractivity contribution in [2.75, 3.05) is 12.0 Å². The molecule has 1 aromatic rings. The summed E-state index contributed by atoms with van der Waals surface area (Å²) in [6, 6.07) is 3.37. The van der Waals surface area contributed by atoms with Crippen LogP contribution in [0.25, 0.3) is 0 Å². The predicted molar refractivity (Wildman–Crippen MR) is 75.7 cm³/mol. The molecule has 0 saturated heterocycles. The maximum atomic E-state index is 12.8. The van der Waals surface area contributed by atoms with Crippen LogP contribution in [-0.4, -0.2) is 12.5 Å². The Balaban J connectivity index is 2.85. The molecule has 7 heteroatoms. The SMILES string of the molecule is CC(C)CCCNC(=O)c1cccc(C(F)(F)F)c1NN. The number of rotatable bonds is 6. The normalized spacial score (nSPS) is 11.6. The summed E-state index contributed by atoms with van der Waals surface area (Å²) >= 11 is 0. The van der Waals surface area contributed by atoms with Crippen molar-refractivity contribution in [3.63, 3.8) is 0 Å². The van der Waals surface area contributed by atoms with E-state index in [0.717, 1.165) is 18.9 Å². The molecule has 1 rings (SSSR count). The number of alkyl halides is 3. The van der Waals surface area contributed by atoms with Crippen LogP contribution in [-0.2, 0) is 6.18 Å². The van der Waals surface area contributed by atoms with Crippen LogP contribution in [0.5, 0.6) is 0 Å². The van der Waals surface area contributed by atoms with Crippen molar-refractivity contribution < 1.29 is 18.0 Å². The lowest BCUT2D eigenvalue weighted by Crippen LogP contribution is -2.27. The number of amides is 1. The van der Waals surface area contributed by atoms with Gasteiger partial charge in [0.05, 0.1) is 16.8 Å². The van der Waals surface area contributed by atoms with Gasteiger partial charge in [-0.3, -0.25) is 10.6 Å². The second-order valence-electron chi connectivity index (χ2n) is 5.16. The maximum absolute atomic E-state index is 12.8. The lowest BCUT2D eigenvalue weighted by Gasteiger charge is -2.16. The minimum Gasteiger partial charge on any atom is -0.352 e. The van der Waals surface area contributed by atoms with Gasteiger partial charge < -0.3 is 10.7 Å². The highest BCUT2D eigenvalue weighted by atomic mass is 19.4. The van der Waals surface area contributed by atoms with Gasteiger partial charge in [0.2, 0.25) is 0 Å². The van der Waals surface area contributed by atoms with Gasteiger partial charge in [-0.05, 0) is 30.9 Å². The fourth-order valence-corrected chi connectivity index (χ4v) is 1.94. The lowest BCUT2D eigenvalue weighted by atomic mass is 10.1. The van der Waals surface area contributed by atoms with E-state index in [4.69, 9.17) is 5.84 Å². The van der Waals surface area contributed by atoms with E-state index in [0.29, 0.717) is 12.5 Å². The summed E-state index contributed by atoms with van der Waals surface area (Å²) in [6.07, 6.45) is -2.87. The van der Waals surface area contributed by atoms with E-state index in [-0.39, 0.29) is 5.56 Å². The average molecular weight is 303 g/mol.